The molecule has 0 atom stereocenters. The third kappa shape index (κ3) is 3.34. The summed E-state index contributed by atoms with van der Waals surface area (Å²) in [7, 11) is 1.83. The summed E-state index contributed by atoms with van der Waals surface area (Å²) in [5.74, 6) is 0.0652. The maximum absolute atomic E-state index is 12.7. The van der Waals surface area contributed by atoms with Crippen molar-refractivity contribution in [1.29, 1.82) is 0 Å². The van der Waals surface area contributed by atoms with E-state index in [0.717, 1.165) is 35.9 Å². The molecule has 1 aliphatic rings. The van der Waals surface area contributed by atoms with Gasteiger partial charge in [0.05, 0.1) is 5.69 Å². The van der Waals surface area contributed by atoms with E-state index in [9.17, 15) is 4.79 Å². The number of aryl methyl sites for hydroxylation is 2. The van der Waals surface area contributed by atoms with Crippen molar-refractivity contribution in [2.24, 2.45) is 7.05 Å². The lowest BCUT2D eigenvalue weighted by Gasteiger charge is -2.36. The van der Waals surface area contributed by atoms with Crippen molar-refractivity contribution in [1.82, 2.24) is 14.7 Å². The van der Waals surface area contributed by atoms with Crippen LogP contribution in [0.5, 0.6) is 0 Å². The van der Waals surface area contributed by atoms with Gasteiger partial charge in [0.15, 0.2) is 0 Å². The molecule has 3 rings (SSSR count). The molecule has 1 aromatic heterocycles. The Morgan fingerprint density at radius 3 is 2.39 bits per heavy atom. The highest BCUT2D eigenvalue weighted by molar-refractivity contribution is 6.30. The van der Waals surface area contributed by atoms with E-state index in [1.807, 2.05) is 49.2 Å². The number of benzene rings is 1. The third-order valence-corrected chi connectivity index (χ3v) is 4.52. The van der Waals surface area contributed by atoms with Gasteiger partial charge in [-0.1, -0.05) is 18.5 Å². The summed E-state index contributed by atoms with van der Waals surface area (Å²) in [6, 6.07) is 9.74. The number of hydrogen-bond donors (Lipinski definition) is 0. The smallest absolute Gasteiger partial charge is 0.272 e. The first-order valence-corrected chi connectivity index (χ1v) is 8.29. The van der Waals surface area contributed by atoms with Crippen LogP contribution in [0.1, 0.15) is 23.1 Å². The number of carbonyl (C=O) groups excluding carboxylic acids is 1. The molecule has 0 spiro atoms. The van der Waals surface area contributed by atoms with Crippen LogP contribution in [0.15, 0.2) is 30.3 Å². The van der Waals surface area contributed by atoms with Crippen molar-refractivity contribution >= 4 is 23.2 Å². The Kier molecular flexibility index (Phi) is 4.57. The van der Waals surface area contributed by atoms with Crippen LogP contribution in [0.2, 0.25) is 5.02 Å². The number of carbonyl (C=O) groups is 1. The number of nitrogens with zero attached hydrogens (tertiary/aromatic N) is 4. The first kappa shape index (κ1) is 15.9. The van der Waals surface area contributed by atoms with Crippen LogP contribution in [-0.4, -0.2) is 46.8 Å². The van der Waals surface area contributed by atoms with E-state index in [1.165, 1.54) is 0 Å². The fourth-order valence-corrected chi connectivity index (χ4v) is 3.01. The maximum atomic E-state index is 12.7. The van der Waals surface area contributed by atoms with Gasteiger partial charge in [-0.15, -0.1) is 0 Å². The Balaban J connectivity index is 1.65. The minimum absolute atomic E-state index is 0.0652. The van der Waals surface area contributed by atoms with Gasteiger partial charge in [0.1, 0.15) is 5.69 Å². The Bertz CT molecular complexity index is 687. The standard InChI is InChI=1S/C17H21ClN4O/c1-3-14-12-16(20(2)19-14)17(23)22-10-8-21(9-11-22)15-6-4-13(18)5-7-15/h4-7,12H,3,8-11H2,1-2H3. The Hall–Kier alpha value is -2.01. The van der Waals surface area contributed by atoms with E-state index in [0.29, 0.717) is 18.8 Å². The number of halogens is 1. The molecule has 1 fully saturated rings. The van der Waals surface area contributed by atoms with Crippen molar-refractivity contribution in [3.8, 4) is 0 Å². The number of aromatic nitrogens is 2. The minimum atomic E-state index is 0.0652. The SMILES string of the molecule is CCc1cc(C(=O)N2CCN(c3ccc(Cl)cc3)CC2)n(C)n1. The highest BCUT2D eigenvalue weighted by atomic mass is 35.5. The minimum Gasteiger partial charge on any atom is -0.368 e. The van der Waals surface area contributed by atoms with Gasteiger partial charge in [-0.3, -0.25) is 9.48 Å². The van der Waals surface area contributed by atoms with Crippen molar-refractivity contribution in [2.45, 2.75) is 13.3 Å². The average Bonchev–Trinajstić information content (AvgIpc) is 2.96. The quantitative estimate of drug-likeness (QED) is 0.867. The van der Waals surface area contributed by atoms with Gasteiger partial charge in [0, 0.05) is 43.9 Å². The molecule has 0 unspecified atom stereocenters. The second-order valence-corrected chi connectivity index (χ2v) is 6.19. The van der Waals surface area contributed by atoms with Crippen molar-refractivity contribution in [3.63, 3.8) is 0 Å². The highest BCUT2D eigenvalue weighted by Crippen LogP contribution is 2.20. The zero-order valence-corrected chi connectivity index (χ0v) is 14.3. The average molecular weight is 333 g/mol. The lowest BCUT2D eigenvalue weighted by Crippen LogP contribution is -2.49. The molecule has 0 radical (unpaired) electrons. The van der Waals surface area contributed by atoms with E-state index in [2.05, 4.69) is 10.00 Å². The monoisotopic (exact) mass is 332 g/mol. The van der Waals surface area contributed by atoms with Gasteiger partial charge in [-0.2, -0.15) is 5.10 Å². The molecular formula is C17H21ClN4O. The van der Waals surface area contributed by atoms with Gasteiger partial charge < -0.3 is 9.80 Å². The molecule has 1 amide bonds. The van der Waals surface area contributed by atoms with Gasteiger partial charge in [-0.05, 0) is 36.8 Å². The first-order valence-electron chi connectivity index (χ1n) is 7.91. The number of anilines is 1. The van der Waals surface area contributed by atoms with E-state index in [1.54, 1.807) is 4.68 Å². The summed E-state index contributed by atoms with van der Waals surface area (Å²) in [5, 5.41) is 5.10. The largest absolute Gasteiger partial charge is 0.368 e. The Labute approximate surface area is 141 Å². The van der Waals surface area contributed by atoms with Crippen LogP contribution in [0, 0.1) is 0 Å². The van der Waals surface area contributed by atoms with Gasteiger partial charge in [0.2, 0.25) is 0 Å². The fraction of sp³-hybridized carbons (Fsp3) is 0.412. The molecule has 5 nitrogen and oxygen atoms in total. The highest BCUT2D eigenvalue weighted by Gasteiger charge is 2.24. The van der Waals surface area contributed by atoms with E-state index < -0.39 is 0 Å². The van der Waals surface area contributed by atoms with Gasteiger partial charge in [-0.25, -0.2) is 0 Å². The number of hydrogen-bond acceptors (Lipinski definition) is 3. The van der Waals surface area contributed by atoms with Crippen LogP contribution in [0.4, 0.5) is 5.69 Å². The summed E-state index contributed by atoms with van der Waals surface area (Å²) in [4.78, 5) is 16.9. The molecule has 23 heavy (non-hydrogen) atoms. The second kappa shape index (κ2) is 6.62. The van der Waals surface area contributed by atoms with E-state index in [4.69, 9.17) is 11.6 Å². The molecule has 2 aromatic rings. The maximum Gasteiger partial charge on any atom is 0.272 e. The zero-order chi connectivity index (χ0) is 16.4. The molecule has 1 aromatic carbocycles. The summed E-state index contributed by atoms with van der Waals surface area (Å²) in [5.41, 5.74) is 2.77. The third-order valence-electron chi connectivity index (χ3n) is 4.27. The predicted molar refractivity (Wildman–Crippen MR) is 92.2 cm³/mol. The first-order chi connectivity index (χ1) is 11.1. The van der Waals surface area contributed by atoms with Crippen LogP contribution in [-0.2, 0) is 13.5 Å². The van der Waals surface area contributed by atoms with Gasteiger partial charge >= 0.3 is 0 Å². The number of amides is 1. The topological polar surface area (TPSA) is 41.4 Å². The van der Waals surface area contributed by atoms with Gasteiger partial charge in [0.25, 0.3) is 5.91 Å². The molecule has 0 bridgehead atoms. The molecule has 0 aliphatic carbocycles. The van der Waals surface area contributed by atoms with E-state index in [-0.39, 0.29) is 5.91 Å². The molecule has 1 aliphatic heterocycles. The van der Waals surface area contributed by atoms with Crippen molar-refractivity contribution < 1.29 is 4.79 Å². The van der Waals surface area contributed by atoms with Crippen LogP contribution < -0.4 is 4.90 Å². The lowest BCUT2D eigenvalue weighted by atomic mass is 10.2. The number of piperazine rings is 1. The summed E-state index contributed by atoms with van der Waals surface area (Å²) in [6.07, 6.45) is 0.839. The molecule has 1 saturated heterocycles. The van der Waals surface area contributed by atoms with Crippen molar-refractivity contribution in [2.75, 3.05) is 31.1 Å². The summed E-state index contributed by atoms with van der Waals surface area (Å²) in [6.45, 7) is 5.13. The predicted octanol–water partition coefficient (Wildman–Crippen LogP) is 2.60. The summed E-state index contributed by atoms with van der Waals surface area (Å²) < 4.78 is 1.69. The molecule has 6 heteroatoms. The van der Waals surface area contributed by atoms with E-state index >= 15 is 0 Å². The molecule has 2 heterocycles. The second-order valence-electron chi connectivity index (χ2n) is 5.75. The fourth-order valence-electron chi connectivity index (χ4n) is 2.88. The van der Waals surface area contributed by atoms with Crippen LogP contribution >= 0.6 is 11.6 Å². The van der Waals surface area contributed by atoms with Crippen molar-refractivity contribution in [3.05, 3.63) is 46.7 Å². The van der Waals surface area contributed by atoms with Crippen LogP contribution in [0.25, 0.3) is 0 Å². The lowest BCUT2D eigenvalue weighted by molar-refractivity contribution is 0.0735. The summed E-state index contributed by atoms with van der Waals surface area (Å²) >= 11 is 5.93. The normalized spacial score (nSPS) is 15.1. The Morgan fingerprint density at radius 1 is 1.17 bits per heavy atom. The molecule has 0 N–H and O–H groups in total. The molecular weight excluding hydrogens is 312 g/mol. The number of rotatable bonds is 3. The Morgan fingerprint density at radius 2 is 1.83 bits per heavy atom. The molecule has 0 saturated carbocycles. The molecule has 122 valence electrons. The zero-order valence-electron chi connectivity index (χ0n) is 13.5. The van der Waals surface area contributed by atoms with Crippen LogP contribution in [0.3, 0.4) is 0 Å².